The first kappa shape index (κ1) is 23.0. The van der Waals surface area contributed by atoms with E-state index < -0.39 is 17.3 Å². The largest absolute Gasteiger partial charge is 0.276 e. The Morgan fingerprint density at radius 1 is 0.654 bits per heavy atom. The Hall–Kier alpha value is -0.990. The van der Waals surface area contributed by atoms with Crippen LogP contribution in [-0.2, 0) is 5.92 Å². The first-order valence-corrected chi connectivity index (χ1v) is 10.7. The van der Waals surface area contributed by atoms with Crippen molar-refractivity contribution < 1.29 is 13.2 Å². The Kier molecular flexibility index (Phi) is 12.5. The highest BCUT2D eigenvalue weighted by atomic mass is 19.3. The molecule has 0 aliphatic carbocycles. The van der Waals surface area contributed by atoms with Crippen molar-refractivity contribution in [1.29, 1.82) is 0 Å². The fourth-order valence-electron chi connectivity index (χ4n) is 3.43. The number of hydrogen-bond donors (Lipinski definition) is 0. The van der Waals surface area contributed by atoms with Gasteiger partial charge in [0.05, 0.1) is 5.56 Å². The number of hydrogen-bond acceptors (Lipinski definition) is 0. The van der Waals surface area contributed by atoms with Gasteiger partial charge in [-0.1, -0.05) is 109 Å². The fourth-order valence-corrected chi connectivity index (χ4v) is 3.43. The number of rotatable bonds is 16. The molecule has 1 aromatic carbocycles. The molecule has 0 aliphatic rings. The Bertz CT molecular complexity index is 457. The zero-order valence-corrected chi connectivity index (χ0v) is 16.5. The molecule has 0 saturated heterocycles. The van der Waals surface area contributed by atoms with Crippen LogP contribution in [0, 0.1) is 5.82 Å². The summed E-state index contributed by atoms with van der Waals surface area (Å²) in [5.74, 6) is -3.86. The molecule has 0 bridgehead atoms. The Morgan fingerprint density at radius 2 is 1.08 bits per heavy atom. The standard InChI is InChI=1S/C23H37F3/c1-2-3-4-5-6-7-8-9-10-11-12-13-14-17-20-23(25,26)21-18-15-16-19-22(21)24/h15-16,18-19H,2-14,17,20H2,1H3. The van der Waals surface area contributed by atoms with Gasteiger partial charge in [-0.3, -0.25) is 0 Å². The van der Waals surface area contributed by atoms with E-state index >= 15 is 0 Å². The molecule has 0 saturated carbocycles. The maximum absolute atomic E-state index is 14.0. The van der Waals surface area contributed by atoms with Crippen LogP contribution in [0.15, 0.2) is 24.3 Å². The smallest absolute Gasteiger partial charge is 0.206 e. The van der Waals surface area contributed by atoms with Gasteiger partial charge in [0.1, 0.15) is 5.82 Å². The van der Waals surface area contributed by atoms with E-state index in [1.807, 2.05) is 0 Å². The lowest BCUT2D eigenvalue weighted by Crippen LogP contribution is -2.15. The Balaban J connectivity index is 1.94. The normalized spacial score (nSPS) is 11.8. The first-order chi connectivity index (χ1) is 12.6. The summed E-state index contributed by atoms with van der Waals surface area (Å²) in [5.41, 5.74) is -0.463. The lowest BCUT2D eigenvalue weighted by molar-refractivity contribution is -0.0191. The highest BCUT2D eigenvalue weighted by molar-refractivity contribution is 5.22. The van der Waals surface area contributed by atoms with Crippen LogP contribution in [0.5, 0.6) is 0 Å². The monoisotopic (exact) mass is 370 g/mol. The zero-order chi connectivity index (χ0) is 19.1. The molecule has 26 heavy (non-hydrogen) atoms. The van der Waals surface area contributed by atoms with Gasteiger partial charge < -0.3 is 0 Å². The minimum absolute atomic E-state index is 0.258. The second-order valence-corrected chi connectivity index (χ2v) is 7.53. The second kappa shape index (κ2) is 14.1. The maximum atomic E-state index is 14.0. The van der Waals surface area contributed by atoms with Crippen LogP contribution >= 0.6 is 0 Å². The Labute approximate surface area is 158 Å². The van der Waals surface area contributed by atoms with Crippen LogP contribution in [0.25, 0.3) is 0 Å². The van der Waals surface area contributed by atoms with Gasteiger partial charge in [0.25, 0.3) is 5.92 Å². The molecule has 3 heteroatoms. The van der Waals surface area contributed by atoms with Crippen LogP contribution in [-0.4, -0.2) is 0 Å². The summed E-state index contributed by atoms with van der Waals surface area (Å²) in [6.07, 6.45) is 16.4. The summed E-state index contributed by atoms with van der Waals surface area (Å²) in [4.78, 5) is 0. The SMILES string of the molecule is CCCCCCCCCCCCCCCCC(F)(F)c1ccccc1F. The van der Waals surface area contributed by atoms with Crippen molar-refractivity contribution in [3.63, 3.8) is 0 Å². The number of benzene rings is 1. The minimum Gasteiger partial charge on any atom is -0.206 e. The van der Waals surface area contributed by atoms with Crippen molar-refractivity contribution in [3.8, 4) is 0 Å². The predicted molar refractivity (Wildman–Crippen MR) is 105 cm³/mol. The lowest BCUT2D eigenvalue weighted by Gasteiger charge is -2.17. The topological polar surface area (TPSA) is 0 Å². The molecule has 0 N–H and O–H groups in total. The van der Waals surface area contributed by atoms with Gasteiger partial charge in [0.2, 0.25) is 0 Å². The van der Waals surface area contributed by atoms with Gasteiger partial charge in [0, 0.05) is 6.42 Å². The highest BCUT2D eigenvalue weighted by Gasteiger charge is 2.33. The van der Waals surface area contributed by atoms with Crippen LogP contribution < -0.4 is 0 Å². The number of alkyl halides is 2. The number of halogens is 3. The van der Waals surface area contributed by atoms with E-state index in [1.54, 1.807) is 0 Å². The van der Waals surface area contributed by atoms with E-state index in [0.29, 0.717) is 6.42 Å². The summed E-state index contributed by atoms with van der Waals surface area (Å²) in [7, 11) is 0. The van der Waals surface area contributed by atoms with E-state index in [1.165, 1.54) is 82.4 Å². The van der Waals surface area contributed by atoms with Gasteiger partial charge in [0.15, 0.2) is 0 Å². The van der Waals surface area contributed by atoms with Gasteiger partial charge >= 0.3 is 0 Å². The van der Waals surface area contributed by atoms with E-state index in [-0.39, 0.29) is 6.42 Å². The molecule has 1 rings (SSSR count). The molecular formula is C23H37F3. The molecule has 0 aromatic heterocycles. The van der Waals surface area contributed by atoms with Crippen molar-refractivity contribution >= 4 is 0 Å². The van der Waals surface area contributed by atoms with E-state index in [0.717, 1.165) is 25.3 Å². The highest BCUT2D eigenvalue weighted by Crippen LogP contribution is 2.35. The van der Waals surface area contributed by atoms with Crippen LogP contribution in [0.3, 0.4) is 0 Å². The first-order valence-electron chi connectivity index (χ1n) is 10.7. The average Bonchev–Trinajstić information content (AvgIpc) is 2.62. The molecule has 0 spiro atoms. The van der Waals surface area contributed by atoms with Gasteiger partial charge in [-0.15, -0.1) is 0 Å². The maximum Gasteiger partial charge on any atom is 0.276 e. The van der Waals surface area contributed by atoms with E-state index in [9.17, 15) is 13.2 Å². The third kappa shape index (κ3) is 10.2. The third-order valence-electron chi connectivity index (χ3n) is 5.11. The van der Waals surface area contributed by atoms with Gasteiger partial charge in [-0.05, 0) is 12.5 Å². The third-order valence-corrected chi connectivity index (χ3v) is 5.11. The molecule has 150 valence electrons. The van der Waals surface area contributed by atoms with Crippen molar-refractivity contribution in [1.82, 2.24) is 0 Å². The van der Waals surface area contributed by atoms with Gasteiger partial charge in [-0.25, -0.2) is 13.2 Å². The second-order valence-electron chi connectivity index (χ2n) is 7.53. The van der Waals surface area contributed by atoms with Crippen LogP contribution in [0.1, 0.15) is 109 Å². The summed E-state index contributed by atoms with van der Waals surface area (Å²) >= 11 is 0. The molecule has 0 nitrogen and oxygen atoms in total. The van der Waals surface area contributed by atoms with E-state index in [2.05, 4.69) is 6.92 Å². The van der Waals surface area contributed by atoms with Crippen molar-refractivity contribution in [2.24, 2.45) is 0 Å². The molecule has 0 fully saturated rings. The molecule has 0 radical (unpaired) electrons. The summed E-state index contributed by atoms with van der Waals surface area (Å²) in [6.45, 7) is 2.24. The predicted octanol–water partition coefficient (Wildman–Crippen LogP) is 8.79. The zero-order valence-electron chi connectivity index (χ0n) is 16.5. The molecule has 0 amide bonds. The molecule has 0 heterocycles. The summed E-state index contributed by atoms with van der Waals surface area (Å²) in [5, 5.41) is 0. The lowest BCUT2D eigenvalue weighted by atomic mass is 10.00. The fraction of sp³-hybridized carbons (Fsp3) is 0.739. The summed E-state index contributed by atoms with van der Waals surface area (Å²) in [6, 6.07) is 5.21. The average molecular weight is 371 g/mol. The van der Waals surface area contributed by atoms with Gasteiger partial charge in [-0.2, -0.15) is 0 Å². The molecule has 0 aliphatic heterocycles. The molecule has 0 atom stereocenters. The Morgan fingerprint density at radius 3 is 1.54 bits per heavy atom. The van der Waals surface area contributed by atoms with E-state index in [4.69, 9.17) is 0 Å². The van der Waals surface area contributed by atoms with Crippen LogP contribution in [0.2, 0.25) is 0 Å². The quantitative estimate of drug-likeness (QED) is 0.255. The summed E-state index contributed by atoms with van der Waals surface area (Å²) < 4.78 is 41.5. The van der Waals surface area contributed by atoms with Crippen molar-refractivity contribution in [3.05, 3.63) is 35.6 Å². The molecule has 1 aromatic rings. The number of unbranched alkanes of at least 4 members (excludes halogenated alkanes) is 13. The minimum atomic E-state index is -3.05. The molecule has 0 unspecified atom stereocenters. The van der Waals surface area contributed by atoms with Crippen molar-refractivity contribution in [2.75, 3.05) is 0 Å². The van der Waals surface area contributed by atoms with Crippen LogP contribution in [0.4, 0.5) is 13.2 Å². The molecular weight excluding hydrogens is 333 g/mol. The van der Waals surface area contributed by atoms with Crippen molar-refractivity contribution in [2.45, 2.75) is 109 Å².